The van der Waals surface area contributed by atoms with Crippen LogP contribution in [0.5, 0.6) is 23.0 Å². The number of rotatable bonds is 4. The highest BCUT2D eigenvalue weighted by molar-refractivity contribution is 9.10. The lowest BCUT2D eigenvalue weighted by Gasteiger charge is -2.04. The SMILES string of the molecule is Brc1cnc2[nH]cc(-c3ccoc3)c2c1.C.C.C.OB(O)c1ccc2c(c1)OCO2.c1cc(-c2c[nH]c3ncc(-c4ccc5c(c4)OCO5)cc23)co1. The van der Waals surface area contributed by atoms with Gasteiger partial charge in [0.1, 0.15) is 11.3 Å². The molecular formula is C39H38BBrN4O8. The number of nitrogens with zero attached hydrogens (tertiary/aromatic N) is 2. The third kappa shape index (κ3) is 7.94. The molecule has 0 fully saturated rings. The number of pyridine rings is 2. The van der Waals surface area contributed by atoms with Gasteiger partial charge in [-0.3, -0.25) is 0 Å². The van der Waals surface area contributed by atoms with Gasteiger partial charge >= 0.3 is 7.12 Å². The van der Waals surface area contributed by atoms with Crippen molar-refractivity contribution in [3.63, 3.8) is 0 Å². The van der Waals surface area contributed by atoms with E-state index in [0.29, 0.717) is 17.0 Å². The van der Waals surface area contributed by atoms with Crippen molar-refractivity contribution in [3.8, 4) is 56.4 Å². The van der Waals surface area contributed by atoms with E-state index in [1.165, 1.54) is 0 Å². The first kappa shape index (κ1) is 38.3. The standard InChI is InChI=1S/C18H12N2O3.C11H7BrN2O.C7H7BO4.3CH4/c1-2-16-17(23-10-22-16)6-11(1)13-5-14-15(12-3-4-21-9-12)8-20-18(14)19-7-13;12-8-3-9-10(7-1-2-15-6-7)5-14-11(9)13-4-8;9-8(10)5-1-2-6-7(3-5)12-4-11-6;;;/h1-9H,10H2,(H,19,20);1-6H,(H,13,14);1-3,9-10H,4H2;3*1H4. The quantitative estimate of drug-likeness (QED) is 0.127. The molecule has 12 nitrogen and oxygen atoms in total. The van der Waals surface area contributed by atoms with Crippen LogP contribution in [0.2, 0.25) is 0 Å². The number of hydrogen-bond donors (Lipinski definition) is 4. The molecule has 0 amide bonds. The van der Waals surface area contributed by atoms with Crippen molar-refractivity contribution >= 4 is 50.6 Å². The molecule has 2 aliphatic rings. The number of halogens is 1. The third-order valence-electron chi connectivity index (χ3n) is 8.09. The highest BCUT2D eigenvalue weighted by Crippen LogP contribution is 2.37. The van der Waals surface area contributed by atoms with Crippen LogP contribution in [0, 0.1) is 0 Å². The number of H-pyrrole nitrogens is 2. The molecule has 8 heterocycles. The van der Waals surface area contributed by atoms with Gasteiger partial charge in [-0.25, -0.2) is 9.97 Å². The molecule has 0 radical (unpaired) electrons. The van der Waals surface area contributed by atoms with Gasteiger partial charge in [0.05, 0.1) is 25.1 Å². The molecule has 0 atom stereocenters. The van der Waals surface area contributed by atoms with Crippen molar-refractivity contribution in [2.75, 3.05) is 13.6 Å². The minimum atomic E-state index is -1.46. The van der Waals surface area contributed by atoms with E-state index in [2.05, 4.69) is 41.9 Å². The Bertz CT molecular complexity index is 2410. The van der Waals surface area contributed by atoms with Gasteiger partial charge in [-0.15, -0.1) is 0 Å². The Morgan fingerprint density at radius 2 is 1.13 bits per heavy atom. The zero-order valence-electron chi connectivity index (χ0n) is 26.0. The summed E-state index contributed by atoms with van der Waals surface area (Å²) in [5.41, 5.74) is 8.47. The van der Waals surface area contributed by atoms with E-state index >= 15 is 0 Å². The molecule has 0 bridgehead atoms. The van der Waals surface area contributed by atoms with Gasteiger partial charge < -0.3 is 47.8 Å². The topological polar surface area (TPSA) is 161 Å². The second kappa shape index (κ2) is 16.6. The van der Waals surface area contributed by atoms with Crippen LogP contribution >= 0.6 is 15.9 Å². The number of ether oxygens (including phenoxy) is 4. The maximum absolute atomic E-state index is 8.81. The molecule has 272 valence electrons. The van der Waals surface area contributed by atoms with Crippen molar-refractivity contribution in [1.82, 2.24) is 19.9 Å². The molecule has 6 aromatic heterocycles. The first-order valence-corrected chi connectivity index (χ1v) is 16.1. The number of fused-ring (bicyclic) bond motifs is 4. The minimum absolute atomic E-state index is 0. The number of hydrogen-bond acceptors (Lipinski definition) is 10. The molecule has 0 aliphatic carbocycles. The fraction of sp³-hybridized carbons (Fsp3) is 0.128. The molecule has 2 aliphatic heterocycles. The van der Waals surface area contributed by atoms with Crippen LogP contribution in [0.15, 0.2) is 124 Å². The van der Waals surface area contributed by atoms with Crippen LogP contribution in [-0.4, -0.2) is 50.7 Å². The number of furan rings is 2. The van der Waals surface area contributed by atoms with Gasteiger partial charge in [0.15, 0.2) is 23.0 Å². The maximum Gasteiger partial charge on any atom is 0.488 e. The Morgan fingerprint density at radius 1 is 0.585 bits per heavy atom. The molecule has 10 rings (SSSR count). The van der Waals surface area contributed by atoms with Crippen LogP contribution in [0.1, 0.15) is 22.3 Å². The molecule has 8 aromatic rings. The molecule has 0 saturated carbocycles. The lowest BCUT2D eigenvalue weighted by molar-refractivity contribution is 0.173. The minimum Gasteiger partial charge on any atom is -0.472 e. The monoisotopic (exact) mass is 780 g/mol. The van der Waals surface area contributed by atoms with Crippen LogP contribution in [0.3, 0.4) is 0 Å². The summed E-state index contributed by atoms with van der Waals surface area (Å²) in [4.78, 5) is 15.1. The van der Waals surface area contributed by atoms with Gasteiger partial charge in [-0.05, 0) is 75.5 Å². The second-order valence-corrected chi connectivity index (χ2v) is 12.1. The van der Waals surface area contributed by atoms with E-state index in [4.69, 9.17) is 37.8 Å². The summed E-state index contributed by atoms with van der Waals surface area (Å²) in [5, 5.41) is 19.8. The molecule has 0 spiro atoms. The van der Waals surface area contributed by atoms with Crippen LogP contribution in [0.4, 0.5) is 0 Å². The summed E-state index contributed by atoms with van der Waals surface area (Å²) in [5.74, 6) is 2.75. The van der Waals surface area contributed by atoms with E-state index in [0.717, 1.165) is 71.4 Å². The Labute approximate surface area is 314 Å². The van der Waals surface area contributed by atoms with Gasteiger partial charge in [-0.2, -0.15) is 0 Å². The van der Waals surface area contributed by atoms with E-state index in [1.54, 1.807) is 49.4 Å². The molecule has 4 N–H and O–H groups in total. The number of benzene rings is 2. The van der Waals surface area contributed by atoms with Gasteiger partial charge in [0, 0.05) is 67.8 Å². The third-order valence-corrected chi connectivity index (χ3v) is 8.53. The van der Waals surface area contributed by atoms with Crippen molar-refractivity contribution < 1.29 is 37.8 Å². The van der Waals surface area contributed by atoms with Crippen molar-refractivity contribution in [2.24, 2.45) is 0 Å². The van der Waals surface area contributed by atoms with Gasteiger partial charge in [-0.1, -0.05) is 34.4 Å². The molecule has 2 aromatic carbocycles. The highest BCUT2D eigenvalue weighted by atomic mass is 79.9. The zero-order chi connectivity index (χ0) is 34.0. The van der Waals surface area contributed by atoms with Gasteiger partial charge in [0.25, 0.3) is 0 Å². The number of aromatic nitrogens is 4. The lowest BCUT2D eigenvalue weighted by atomic mass is 9.80. The van der Waals surface area contributed by atoms with Crippen LogP contribution in [-0.2, 0) is 0 Å². The number of nitrogens with one attached hydrogen (secondary N) is 2. The predicted octanol–water partition coefficient (Wildman–Crippen LogP) is 8.81. The predicted molar refractivity (Wildman–Crippen MR) is 209 cm³/mol. The molecule has 14 heteroatoms. The summed E-state index contributed by atoms with van der Waals surface area (Å²) in [6.45, 7) is 0.471. The summed E-state index contributed by atoms with van der Waals surface area (Å²) in [7, 11) is -1.46. The molecule has 0 saturated heterocycles. The lowest BCUT2D eigenvalue weighted by Crippen LogP contribution is -2.29. The number of aromatic amines is 2. The summed E-state index contributed by atoms with van der Waals surface area (Å²) < 4.78 is 32.1. The van der Waals surface area contributed by atoms with E-state index < -0.39 is 7.12 Å². The molecule has 53 heavy (non-hydrogen) atoms. The normalized spacial score (nSPS) is 11.7. The van der Waals surface area contributed by atoms with Gasteiger partial charge in [0.2, 0.25) is 13.6 Å². The summed E-state index contributed by atoms with van der Waals surface area (Å²) in [6, 6.07) is 18.7. The molecular weight excluding hydrogens is 743 g/mol. The fourth-order valence-electron chi connectivity index (χ4n) is 5.60. The fourth-order valence-corrected chi connectivity index (χ4v) is 5.93. The van der Waals surface area contributed by atoms with Crippen LogP contribution < -0.4 is 24.4 Å². The smallest absolute Gasteiger partial charge is 0.472 e. The average molecular weight is 781 g/mol. The van der Waals surface area contributed by atoms with Crippen molar-refractivity contribution in [1.29, 1.82) is 0 Å². The van der Waals surface area contributed by atoms with Crippen LogP contribution in [0.25, 0.3) is 55.4 Å². The Balaban J connectivity index is 0.000000158. The van der Waals surface area contributed by atoms with Crippen molar-refractivity contribution in [2.45, 2.75) is 22.3 Å². The largest absolute Gasteiger partial charge is 0.488 e. The van der Waals surface area contributed by atoms with Crippen molar-refractivity contribution in [3.05, 3.63) is 115 Å². The average Bonchev–Trinajstić information content (AvgIpc) is 3.97. The molecule has 0 unspecified atom stereocenters. The van der Waals surface area contributed by atoms with E-state index in [9.17, 15) is 0 Å². The van der Waals surface area contributed by atoms with E-state index in [-0.39, 0.29) is 35.9 Å². The Kier molecular flexibility index (Phi) is 12.0. The Hall–Kier alpha value is -5.96. The first-order chi connectivity index (χ1) is 24.5. The highest BCUT2D eigenvalue weighted by Gasteiger charge is 2.18. The van der Waals surface area contributed by atoms with E-state index in [1.807, 2.05) is 55.0 Å². The maximum atomic E-state index is 8.81. The first-order valence-electron chi connectivity index (χ1n) is 15.3. The summed E-state index contributed by atoms with van der Waals surface area (Å²) in [6.07, 6.45) is 14.3. The zero-order valence-corrected chi connectivity index (χ0v) is 27.6. The second-order valence-electron chi connectivity index (χ2n) is 11.2. The Morgan fingerprint density at radius 3 is 1.72 bits per heavy atom. The summed E-state index contributed by atoms with van der Waals surface area (Å²) >= 11 is 3.41.